The van der Waals surface area contributed by atoms with Crippen molar-refractivity contribution in [3.63, 3.8) is 0 Å². The molecule has 0 saturated heterocycles. The average molecular weight is 435 g/mol. The summed E-state index contributed by atoms with van der Waals surface area (Å²) in [5.41, 5.74) is 4.19. The first-order valence-corrected chi connectivity index (χ1v) is 10.5. The van der Waals surface area contributed by atoms with Gasteiger partial charge in [0, 0.05) is 16.5 Å². The molecule has 0 unspecified atom stereocenters. The minimum atomic E-state index is -0.172. The molecule has 0 fully saturated rings. The maximum atomic E-state index is 11.7. The number of methoxy groups -OCH3 is 1. The van der Waals surface area contributed by atoms with E-state index in [0.29, 0.717) is 18.0 Å². The Morgan fingerprint density at radius 1 is 1.35 bits per heavy atom. The molecule has 0 saturated carbocycles. The van der Waals surface area contributed by atoms with Crippen LogP contribution in [0.3, 0.4) is 0 Å². The van der Waals surface area contributed by atoms with Crippen LogP contribution in [0.2, 0.25) is 0 Å². The normalized spacial score (nSPS) is 13.6. The fraction of sp³-hybridized carbons (Fsp3) is 0.174. The summed E-state index contributed by atoms with van der Waals surface area (Å²) in [6.45, 7) is 6.40. The van der Waals surface area contributed by atoms with Gasteiger partial charge in [0.2, 0.25) is 4.80 Å². The van der Waals surface area contributed by atoms with Gasteiger partial charge in [0.25, 0.3) is 5.91 Å². The van der Waals surface area contributed by atoms with E-state index in [0.717, 1.165) is 32.9 Å². The molecule has 8 heteroatoms. The summed E-state index contributed by atoms with van der Waals surface area (Å²) < 4.78 is 12.7. The minimum absolute atomic E-state index is 0.0257. The van der Waals surface area contributed by atoms with Crippen molar-refractivity contribution in [1.29, 1.82) is 0 Å². The lowest BCUT2D eigenvalue weighted by molar-refractivity contribution is -0.118. The lowest BCUT2D eigenvalue weighted by Crippen LogP contribution is -2.25. The summed E-state index contributed by atoms with van der Waals surface area (Å²) in [6, 6.07) is 13.3. The molecule has 1 amide bonds. The zero-order valence-electron chi connectivity index (χ0n) is 17.3. The third-order valence-corrected chi connectivity index (χ3v) is 5.38. The molecule has 2 aromatic carbocycles. The number of thiazole rings is 1. The molecule has 4 rings (SSSR count). The predicted octanol–water partition coefficient (Wildman–Crippen LogP) is 3.92. The fourth-order valence-corrected chi connectivity index (χ4v) is 3.89. The molecule has 1 aromatic heterocycles. The Labute approximate surface area is 184 Å². The topological polar surface area (TPSA) is 77.2 Å². The van der Waals surface area contributed by atoms with Crippen molar-refractivity contribution in [2.24, 2.45) is 10.1 Å². The average Bonchev–Trinajstić information content (AvgIpc) is 3.18. The zero-order chi connectivity index (χ0) is 21.8. The van der Waals surface area contributed by atoms with Gasteiger partial charge in [-0.05, 0) is 37.3 Å². The van der Waals surface area contributed by atoms with Crippen LogP contribution in [0, 0.1) is 0 Å². The van der Waals surface area contributed by atoms with E-state index >= 15 is 0 Å². The number of fused-ring (bicyclic) bond motifs is 1. The van der Waals surface area contributed by atoms with Crippen LogP contribution in [0.25, 0.3) is 11.3 Å². The number of hydrogen-bond donors (Lipinski definition) is 1. The molecule has 0 radical (unpaired) electrons. The summed E-state index contributed by atoms with van der Waals surface area (Å²) in [7, 11) is 1.63. The van der Waals surface area contributed by atoms with Crippen LogP contribution < -0.4 is 19.6 Å². The quantitative estimate of drug-likeness (QED) is 0.472. The summed E-state index contributed by atoms with van der Waals surface area (Å²) >= 11 is 1.49. The van der Waals surface area contributed by atoms with Crippen LogP contribution in [-0.2, 0) is 4.79 Å². The number of amides is 1. The Morgan fingerprint density at radius 2 is 2.19 bits per heavy atom. The second-order valence-electron chi connectivity index (χ2n) is 7.02. The molecule has 0 bridgehead atoms. The first kappa shape index (κ1) is 20.6. The van der Waals surface area contributed by atoms with Gasteiger partial charge in [-0.1, -0.05) is 24.3 Å². The monoisotopic (exact) mass is 434 g/mol. The van der Waals surface area contributed by atoms with Gasteiger partial charge >= 0.3 is 0 Å². The summed E-state index contributed by atoms with van der Waals surface area (Å²) in [5.74, 6) is 1.21. The number of nitrogens with zero attached hydrogens (tertiary/aromatic N) is 3. The largest absolute Gasteiger partial charge is 0.496 e. The van der Waals surface area contributed by atoms with Gasteiger partial charge in [-0.25, -0.2) is 4.68 Å². The van der Waals surface area contributed by atoms with E-state index in [1.165, 1.54) is 11.3 Å². The number of anilines is 1. The SMILES string of the molecule is C=C(C)CN=c1scc(-c2ccc3c(c2)NC(=O)CO3)n1N=Cc1ccccc1OC. The second kappa shape index (κ2) is 9.01. The number of carbonyl (C=O) groups is 1. The van der Waals surface area contributed by atoms with Crippen molar-refractivity contribution >= 4 is 29.1 Å². The molecule has 3 aromatic rings. The number of hydrogen-bond acceptors (Lipinski definition) is 6. The number of para-hydroxylation sites is 1. The maximum Gasteiger partial charge on any atom is 0.262 e. The van der Waals surface area contributed by atoms with Gasteiger partial charge < -0.3 is 14.8 Å². The van der Waals surface area contributed by atoms with Crippen molar-refractivity contribution < 1.29 is 14.3 Å². The lowest BCUT2D eigenvalue weighted by Gasteiger charge is -2.18. The Morgan fingerprint density at radius 3 is 3.00 bits per heavy atom. The molecule has 1 N–H and O–H groups in total. The van der Waals surface area contributed by atoms with Gasteiger partial charge in [0.1, 0.15) is 11.5 Å². The van der Waals surface area contributed by atoms with E-state index in [2.05, 4.69) is 16.9 Å². The van der Waals surface area contributed by atoms with E-state index in [9.17, 15) is 4.79 Å². The summed E-state index contributed by atoms with van der Waals surface area (Å²) in [5, 5.41) is 9.55. The number of carbonyl (C=O) groups excluding carboxylic acids is 1. The standard InChI is InChI=1S/C23H22N4O3S/c1-15(2)11-24-23-27(25-12-17-6-4-5-7-20(17)29-3)19(14-31-23)16-8-9-21-18(10-16)26-22(28)13-30-21/h4-10,12,14H,1,11,13H2,2-3H3,(H,26,28). The van der Waals surface area contributed by atoms with Crippen molar-refractivity contribution in [2.45, 2.75) is 6.92 Å². The molecule has 31 heavy (non-hydrogen) atoms. The molecule has 0 aliphatic carbocycles. The molecule has 0 atom stereocenters. The van der Waals surface area contributed by atoms with Gasteiger partial charge in [0.05, 0.1) is 31.3 Å². The van der Waals surface area contributed by atoms with Crippen LogP contribution >= 0.6 is 11.3 Å². The maximum absolute atomic E-state index is 11.7. The van der Waals surface area contributed by atoms with Crippen molar-refractivity contribution in [2.75, 3.05) is 25.6 Å². The molecule has 7 nitrogen and oxygen atoms in total. The van der Waals surface area contributed by atoms with E-state index in [1.807, 2.05) is 54.8 Å². The number of aromatic nitrogens is 1. The fourth-order valence-electron chi connectivity index (χ4n) is 3.06. The first-order chi connectivity index (χ1) is 15.0. The van der Waals surface area contributed by atoms with Crippen LogP contribution in [0.15, 0.2) is 70.1 Å². The number of rotatable bonds is 6. The Bertz CT molecular complexity index is 1240. The van der Waals surface area contributed by atoms with Gasteiger partial charge in [-0.2, -0.15) is 5.10 Å². The Balaban J connectivity index is 1.79. The number of benzene rings is 2. The molecule has 2 heterocycles. The highest BCUT2D eigenvalue weighted by Gasteiger charge is 2.17. The third kappa shape index (κ3) is 4.59. The smallest absolute Gasteiger partial charge is 0.262 e. The van der Waals surface area contributed by atoms with Gasteiger partial charge in [-0.15, -0.1) is 11.3 Å². The van der Waals surface area contributed by atoms with Crippen LogP contribution in [0.4, 0.5) is 5.69 Å². The van der Waals surface area contributed by atoms with Crippen LogP contribution in [0.5, 0.6) is 11.5 Å². The molecule has 158 valence electrons. The Kier molecular flexibility index (Phi) is 5.99. The van der Waals surface area contributed by atoms with Crippen LogP contribution in [-0.4, -0.2) is 37.1 Å². The highest BCUT2D eigenvalue weighted by molar-refractivity contribution is 7.07. The molecule has 1 aliphatic rings. The summed E-state index contributed by atoms with van der Waals surface area (Å²) in [4.78, 5) is 17.1. The van der Waals surface area contributed by atoms with E-state index < -0.39 is 0 Å². The van der Waals surface area contributed by atoms with Gasteiger partial charge in [0.15, 0.2) is 6.61 Å². The lowest BCUT2D eigenvalue weighted by atomic mass is 10.1. The third-order valence-electron chi connectivity index (χ3n) is 4.53. The number of ether oxygens (including phenoxy) is 2. The van der Waals surface area contributed by atoms with E-state index in [4.69, 9.17) is 14.6 Å². The predicted molar refractivity (Wildman–Crippen MR) is 123 cm³/mol. The highest BCUT2D eigenvalue weighted by Crippen LogP contribution is 2.33. The van der Waals surface area contributed by atoms with Crippen LogP contribution in [0.1, 0.15) is 12.5 Å². The molecule has 1 aliphatic heterocycles. The van der Waals surface area contributed by atoms with E-state index in [-0.39, 0.29) is 12.5 Å². The first-order valence-electron chi connectivity index (χ1n) is 9.65. The highest BCUT2D eigenvalue weighted by atomic mass is 32.1. The molecule has 0 spiro atoms. The van der Waals surface area contributed by atoms with Crippen molar-refractivity contribution in [3.05, 3.63) is 70.4 Å². The number of nitrogens with one attached hydrogen (secondary N) is 1. The van der Waals surface area contributed by atoms with E-state index in [1.54, 1.807) is 18.0 Å². The van der Waals surface area contributed by atoms with Crippen molar-refractivity contribution in [3.8, 4) is 22.8 Å². The second-order valence-corrected chi connectivity index (χ2v) is 7.86. The zero-order valence-corrected chi connectivity index (χ0v) is 18.1. The molecular formula is C23H22N4O3S. The van der Waals surface area contributed by atoms with Crippen molar-refractivity contribution in [1.82, 2.24) is 4.68 Å². The minimum Gasteiger partial charge on any atom is -0.496 e. The Hall–Kier alpha value is -3.65. The van der Waals surface area contributed by atoms with Gasteiger partial charge in [-0.3, -0.25) is 9.79 Å². The summed E-state index contributed by atoms with van der Waals surface area (Å²) in [6.07, 6.45) is 1.75. The molecular weight excluding hydrogens is 412 g/mol.